The van der Waals surface area contributed by atoms with Crippen molar-refractivity contribution in [3.8, 4) is 11.3 Å². The molecule has 0 radical (unpaired) electrons. The van der Waals surface area contributed by atoms with Crippen LogP contribution in [0.1, 0.15) is 0 Å². The maximum absolute atomic E-state index is 10.3. The third kappa shape index (κ3) is 3.25. The lowest BCUT2D eigenvalue weighted by molar-refractivity contribution is -0.301. The molecule has 5 nitrogen and oxygen atoms in total. The molecule has 0 saturated heterocycles. The molecule has 86 valence electrons. The molecular weight excluding hydrogens is 238 g/mol. The van der Waals surface area contributed by atoms with Gasteiger partial charge in [-0.3, -0.25) is 0 Å². The number of rotatable bonds is 4. The number of carboxylic acids is 1. The van der Waals surface area contributed by atoms with Crippen LogP contribution < -0.4 is 5.11 Å². The molecule has 0 unspecified atom stereocenters. The van der Waals surface area contributed by atoms with Crippen molar-refractivity contribution < 1.29 is 9.90 Å². The number of benzene rings is 1. The lowest BCUT2D eigenvalue weighted by atomic mass is 10.2. The summed E-state index contributed by atoms with van der Waals surface area (Å²) in [5.74, 6) is -1.33. The number of carbonyl (C=O) groups is 1. The van der Waals surface area contributed by atoms with E-state index in [0.717, 1.165) is 17.3 Å². The minimum Gasteiger partial charge on any atom is -0.549 e. The molecule has 1 heterocycles. The van der Waals surface area contributed by atoms with Crippen molar-refractivity contribution in [3.05, 3.63) is 36.5 Å². The van der Waals surface area contributed by atoms with E-state index < -0.39 is 5.97 Å². The van der Waals surface area contributed by atoms with Gasteiger partial charge in [0.25, 0.3) is 0 Å². The fraction of sp³-hybridized carbons (Fsp3) is 0.0909. The van der Waals surface area contributed by atoms with Gasteiger partial charge in [0.2, 0.25) is 5.16 Å². The Hall–Kier alpha value is -1.95. The quantitative estimate of drug-likeness (QED) is 0.726. The standard InChI is InChI=1S/C11H9N3O2S/c15-10(16)7-17-11-13-9(6-12-14-11)8-4-2-1-3-5-8/h1-6H,7H2,(H,15,16)/p-1. The molecule has 0 aliphatic heterocycles. The van der Waals surface area contributed by atoms with Crippen molar-refractivity contribution in [1.29, 1.82) is 0 Å². The fourth-order valence-electron chi connectivity index (χ4n) is 1.22. The van der Waals surface area contributed by atoms with E-state index in [4.69, 9.17) is 0 Å². The van der Waals surface area contributed by atoms with Gasteiger partial charge in [-0.25, -0.2) is 4.98 Å². The SMILES string of the molecule is O=C([O-])CSc1nncc(-c2ccccc2)n1. The van der Waals surface area contributed by atoms with Crippen LogP contribution in [-0.2, 0) is 4.79 Å². The highest BCUT2D eigenvalue weighted by Crippen LogP contribution is 2.18. The lowest BCUT2D eigenvalue weighted by Gasteiger charge is -2.03. The smallest absolute Gasteiger partial charge is 0.209 e. The van der Waals surface area contributed by atoms with Gasteiger partial charge in [0, 0.05) is 11.3 Å². The molecule has 1 aromatic carbocycles. The predicted molar refractivity (Wildman–Crippen MR) is 61.0 cm³/mol. The molecule has 0 saturated carbocycles. The Kier molecular flexibility index (Phi) is 3.66. The van der Waals surface area contributed by atoms with Crippen LogP contribution in [0.15, 0.2) is 41.7 Å². The van der Waals surface area contributed by atoms with Crippen molar-refractivity contribution >= 4 is 17.7 Å². The summed E-state index contributed by atoms with van der Waals surface area (Å²) in [5.41, 5.74) is 1.58. The topological polar surface area (TPSA) is 78.8 Å². The molecule has 0 amide bonds. The van der Waals surface area contributed by atoms with E-state index >= 15 is 0 Å². The van der Waals surface area contributed by atoms with Gasteiger partial charge in [0.15, 0.2) is 0 Å². The molecule has 2 rings (SSSR count). The Morgan fingerprint density at radius 2 is 2.06 bits per heavy atom. The highest BCUT2D eigenvalue weighted by atomic mass is 32.2. The van der Waals surface area contributed by atoms with Gasteiger partial charge < -0.3 is 9.90 Å². The Morgan fingerprint density at radius 3 is 2.76 bits per heavy atom. The Balaban J connectivity index is 2.20. The largest absolute Gasteiger partial charge is 0.549 e. The highest BCUT2D eigenvalue weighted by Gasteiger charge is 2.03. The van der Waals surface area contributed by atoms with Crippen LogP contribution in [0.5, 0.6) is 0 Å². The number of carbonyl (C=O) groups excluding carboxylic acids is 1. The maximum Gasteiger partial charge on any atom is 0.209 e. The first-order chi connectivity index (χ1) is 8.25. The third-order valence-corrected chi connectivity index (χ3v) is 2.74. The number of carboxylic acid groups (broad SMARTS) is 1. The number of aromatic nitrogens is 3. The zero-order chi connectivity index (χ0) is 12.1. The molecule has 0 atom stereocenters. The van der Waals surface area contributed by atoms with Gasteiger partial charge >= 0.3 is 0 Å². The average Bonchev–Trinajstić information content (AvgIpc) is 2.38. The van der Waals surface area contributed by atoms with Gasteiger partial charge in [-0.1, -0.05) is 42.1 Å². The predicted octanol–water partition coefficient (Wildman–Crippen LogP) is 0.381. The molecular formula is C11H8N3O2S-. The number of hydrogen-bond donors (Lipinski definition) is 0. The van der Waals surface area contributed by atoms with Crippen LogP contribution in [0, 0.1) is 0 Å². The van der Waals surface area contributed by atoms with Gasteiger partial charge in [-0.15, -0.1) is 5.10 Å². The molecule has 17 heavy (non-hydrogen) atoms. The van der Waals surface area contributed by atoms with Crippen LogP contribution in [0.4, 0.5) is 0 Å². The molecule has 6 heteroatoms. The minimum atomic E-state index is -1.15. The number of nitrogens with zero attached hydrogens (tertiary/aromatic N) is 3. The average molecular weight is 246 g/mol. The number of hydrogen-bond acceptors (Lipinski definition) is 6. The van der Waals surface area contributed by atoms with E-state index in [1.54, 1.807) is 6.20 Å². The van der Waals surface area contributed by atoms with Crippen molar-refractivity contribution in [2.75, 3.05) is 5.75 Å². The summed E-state index contributed by atoms with van der Waals surface area (Å²) in [6.45, 7) is 0. The van der Waals surface area contributed by atoms with Crippen LogP contribution >= 0.6 is 11.8 Å². The summed E-state index contributed by atoms with van der Waals surface area (Å²) in [6.07, 6.45) is 1.54. The molecule has 0 aliphatic rings. The Morgan fingerprint density at radius 1 is 1.29 bits per heavy atom. The van der Waals surface area contributed by atoms with E-state index in [1.165, 1.54) is 0 Å². The van der Waals surface area contributed by atoms with Crippen LogP contribution in [0.3, 0.4) is 0 Å². The van der Waals surface area contributed by atoms with Gasteiger partial charge in [0.1, 0.15) is 0 Å². The van der Waals surface area contributed by atoms with Gasteiger partial charge in [0.05, 0.1) is 17.9 Å². The summed E-state index contributed by atoms with van der Waals surface area (Å²) >= 11 is 0.991. The van der Waals surface area contributed by atoms with Crippen molar-refractivity contribution in [2.45, 2.75) is 5.16 Å². The number of aliphatic carboxylic acids is 1. The van der Waals surface area contributed by atoms with Crippen LogP contribution in [0.2, 0.25) is 0 Å². The molecule has 2 aromatic rings. The van der Waals surface area contributed by atoms with E-state index in [1.807, 2.05) is 30.3 Å². The normalized spacial score (nSPS) is 10.1. The zero-order valence-electron chi connectivity index (χ0n) is 8.74. The monoisotopic (exact) mass is 246 g/mol. The second kappa shape index (κ2) is 5.40. The Bertz CT molecular complexity index is 519. The fourth-order valence-corrected chi connectivity index (χ4v) is 1.73. The minimum absolute atomic E-state index is 0.181. The second-order valence-electron chi connectivity index (χ2n) is 3.15. The van der Waals surface area contributed by atoms with E-state index in [0.29, 0.717) is 10.9 Å². The highest BCUT2D eigenvalue weighted by molar-refractivity contribution is 7.99. The molecule has 0 fully saturated rings. The van der Waals surface area contributed by atoms with Crippen molar-refractivity contribution in [1.82, 2.24) is 15.2 Å². The van der Waals surface area contributed by atoms with Gasteiger partial charge in [-0.2, -0.15) is 5.10 Å². The van der Waals surface area contributed by atoms with Crippen LogP contribution in [0.25, 0.3) is 11.3 Å². The first-order valence-electron chi connectivity index (χ1n) is 4.83. The zero-order valence-corrected chi connectivity index (χ0v) is 9.55. The molecule has 0 N–H and O–H groups in total. The second-order valence-corrected chi connectivity index (χ2v) is 4.09. The van der Waals surface area contributed by atoms with Crippen LogP contribution in [-0.4, -0.2) is 26.9 Å². The third-order valence-electron chi connectivity index (χ3n) is 1.93. The summed E-state index contributed by atoms with van der Waals surface area (Å²) in [5, 5.41) is 18.2. The first kappa shape index (κ1) is 11.5. The summed E-state index contributed by atoms with van der Waals surface area (Å²) in [7, 11) is 0. The molecule has 1 aromatic heterocycles. The van der Waals surface area contributed by atoms with Crippen molar-refractivity contribution in [2.24, 2.45) is 0 Å². The maximum atomic E-state index is 10.3. The summed E-state index contributed by atoms with van der Waals surface area (Å²) in [4.78, 5) is 14.5. The van der Waals surface area contributed by atoms with Gasteiger partial charge in [-0.05, 0) is 0 Å². The number of thioether (sulfide) groups is 1. The summed E-state index contributed by atoms with van der Waals surface area (Å²) in [6, 6.07) is 9.50. The Labute approximate surface area is 102 Å². The molecule has 0 bridgehead atoms. The van der Waals surface area contributed by atoms with E-state index in [2.05, 4.69) is 15.2 Å². The summed E-state index contributed by atoms with van der Waals surface area (Å²) < 4.78 is 0. The molecule has 0 aliphatic carbocycles. The van der Waals surface area contributed by atoms with E-state index in [-0.39, 0.29) is 5.75 Å². The lowest BCUT2D eigenvalue weighted by Crippen LogP contribution is -2.24. The molecule has 0 spiro atoms. The first-order valence-corrected chi connectivity index (χ1v) is 5.82. The van der Waals surface area contributed by atoms with Crippen molar-refractivity contribution in [3.63, 3.8) is 0 Å². The van der Waals surface area contributed by atoms with E-state index in [9.17, 15) is 9.90 Å².